The van der Waals surface area contributed by atoms with Gasteiger partial charge in [-0.15, -0.1) is 0 Å². The Morgan fingerprint density at radius 3 is 2.58 bits per heavy atom. The molecule has 0 fully saturated rings. The molecule has 0 saturated heterocycles. The van der Waals surface area contributed by atoms with Crippen LogP contribution in [0.5, 0.6) is 5.75 Å². The standard InChI is InChI=1S/C24H20N4O3/c1-15-9-10-18(12-16(15)2)28-22-20(14-25-28)24(29)27(17-6-4-7-19(13-17)30-3)23(26-22)21-8-5-11-31-21/h4-14H,1-3H3. The summed E-state index contributed by atoms with van der Waals surface area (Å²) in [6.45, 7) is 4.10. The second kappa shape index (κ2) is 7.28. The summed E-state index contributed by atoms with van der Waals surface area (Å²) in [7, 11) is 1.59. The number of fused-ring (bicyclic) bond motifs is 1. The Hall–Kier alpha value is -4.13. The molecule has 154 valence electrons. The topological polar surface area (TPSA) is 75.1 Å². The summed E-state index contributed by atoms with van der Waals surface area (Å²) >= 11 is 0. The van der Waals surface area contributed by atoms with Crippen molar-refractivity contribution in [2.75, 3.05) is 7.11 Å². The highest BCUT2D eigenvalue weighted by molar-refractivity contribution is 5.78. The lowest BCUT2D eigenvalue weighted by atomic mass is 10.1. The molecule has 0 saturated carbocycles. The Kier molecular flexibility index (Phi) is 4.43. The monoisotopic (exact) mass is 412 g/mol. The Morgan fingerprint density at radius 2 is 1.84 bits per heavy atom. The van der Waals surface area contributed by atoms with Crippen LogP contribution < -0.4 is 10.3 Å². The number of hydrogen-bond acceptors (Lipinski definition) is 5. The first-order chi connectivity index (χ1) is 15.1. The largest absolute Gasteiger partial charge is 0.497 e. The third-order valence-electron chi connectivity index (χ3n) is 5.39. The zero-order valence-corrected chi connectivity index (χ0v) is 17.4. The lowest BCUT2D eigenvalue weighted by molar-refractivity contribution is 0.414. The van der Waals surface area contributed by atoms with E-state index >= 15 is 0 Å². The van der Waals surface area contributed by atoms with Crippen molar-refractivity contribution in [2.45, 2.75) is 13.8 Å². The van der Waals surface area contributed by atoms with E-state index in [2.05, 4.69) is 12.0 Å². The minimum atomic E-state index is -0.236. The molecule has 3 heterocycles. The maximum Gasteiger partial charge on any atom is 0.269 e. The first-order valence-electron chi connectivity index (χ1n) is 9.83. The zero-order valence-electron chi connectivity index (χ0n) is 17.4. The maximum absolute atomic E-state index is 13.6. The Labute approximate surface area is 178 Å². The van der Waals surface area contributed by atoms with Crippen LogP contribution in [0, 0.1) is 13.8 Å². The van der Waals surface area contributed by atoms with Gasteiger partial charge in [0.1, 0.15) is 11.1 Å². The van der Waals surface area contributed by atoms with Crippen LogP contribution in [-0.2, 0) is 0 Å². The molecule has 31 heavy (non-hydrogen) atoms. The molecule has 5 rings (SSSR count). The van der Waals surface area contributed by atoms with Crippen LogP contribution >= 0.6 is 0 Å². The fraction of sp³-hybridized carbons (Fsp3) is 0.125. The molecule has 0 amide bonds. The smallest absolute Gasteiger partial charge is 0.269 e. The van der Waals surface area contributed by atoms with Gasteiger partial charge in [-0.2, -0.15) is 5.10 Å². The number of nitrogens with zero attached hydrogens (tertiary/aromatic N) is 4. The van der Waals surface area contributed by atoms with E-state index in [1.165, 1.54) is 10.1 Å². The Morgan fingerprint density at radius 1 is 0.968 bits per heavy atom. The van der Waals surface area contributed by atoms with Gasteiger partial charge in [0.25, 0.3) is 5.56 Å². The summed E-state index contributed by atoms with van der Waals surface area (Å²) in [5.74, 6) is 1.51. The summed E-state index contributed by atoms with van der Waals surface area (Å²) in [6, 6.07) is 16.8. The van der Waals surface area contributed by atoms with Crippen LogP contribution in [0.2, 0.25) is 0 Å². The minimum Gasteiger partial charge on any atom is -0.497 e. The van der Waals surface area contributed by atoms with Gasteiger partial charge in [0, 0.05) is 6.07 Å². The summed E-state index contributed by atoms with van der Waals surface area (Å²) < 4.78 is 14.2. The third-order valence-corrected chi connectivity index (χ3v) is 5.39. The third kappa shape index (κ3) is 3.11. The normalized spacial score (nSPS) is 11.2. The molecule has 2 aromatic carbocycles. The number of aromatic nitrogens is 4. The van der Waals surface area contributed by atoms with Crippen molar-refractivity contribution in [3.05, 3.63) is 88.5 Å². The molecule has 0 N–H and O–H groups in total. The van der Waals surface area contributed by atoms with Gasteiger partial charge >= 0.3 is 0 Å². The molecule has 7 nitrogen and oxygen atoms in total. The molecule has 0 unspecified atom stereocenters. The van der Waals surface area contributed by atoms with E-state index in [1.807, 2.05) is 43.3 Å². The predicted molar refractivity (Wildman–Crippen MR) is 118 cm³/mol. The predicted octanol–water partition coefficient (Wildman–Crippen LogP) is 4.46. The Bertz CT molecular complexity index is 1460. The minimum absolute atomic E-state index is 0.236. The maximum atomic E-state index is 13.6. The van der Waals surface area contributed by atoms with Crippen LogP contribution in [0.25, 0.3) is 34.0 Å². The molecular formula is C24H20N4O3. The number of benzene rings is 2. The fourth-order valence-corrected chi connectivity index (χ4v) is 3.57. The number of rotatable bonds is 4. The molecule has 3 aromatic heterocycles. The molecule has 7 heteroatoms. The molecule has 0 radical (unpaired) electrons. The first kappa shape index (κ1) is 18.9. The molecule has 0 aliphatic heterocycles. The van der Waals surface area contributed by atoms with Crippen LogP contribution in [0.15, 0.2) is 76.3 Å². The number of aryl methyl sites for hydroxylation is 2. The average Bonchev–Trinajstić information content (AvgIpc) is 3.46. The fourth-order valence-electron chi connectivity index (χ4n) is 3.57. The molecule has 0 aliphatic carbocycles. The van der Waals surface area contributed by atoms with Gasteiger partial charge in [-0.3, -0.25) is 9.36 Å². The number of hydrogen-bond donors (Lipinski definition) is 0. The SMILES string of the molecule is COc1cccc(-n2c(-c3ccco3)nc3c(cnn3-c3ccc(C)c(C)c3)c2=O)c1. The molecule has 0 atom stereocenters. The van der Waals surface area contributed by atoms with Gasteiger partial charge in [-0.25, -0.2) is 9.67 Å². The summed E-state index contributed by atoms with van der Waals surface area (Å²) in [4.78, 5) is 18.4. The lowest BCUT2D eigenvalue weighted by Gasteiger charge is -2.13. The van der Waals surface area contributed by atoms with E-state index in [9.17, 15) is 4.79 Å². The highest BCUT2D eigenvalue weighted by Gasteiger charge is 2.20. The highest BCUT2D eigenvalue weighted by Crippen LogP contribution is 2.25. The molecule has 0 spiro atoms. The second-order valence-electron chi connectivity index (χ2n) is 7.32. The molecule has 5 aromatic rings. The van der Waals surface area contributed by atoms with Crippen molar-refractivity contribution >= 4 is 11.0 Å². The highest BCUT2D eigenvalue weighted by atomic mass is 16.5. The molecular weight excluding hydrogens is 392 g/mol. The van der Waals surface area contributed by atoms with Crippen molar-refractivity contribution in [1.29, 1.82) is 0 Å². The number of furan rings is 1. The van der Waals surface area contributed by atoms with E-state index in [1.54, 1.807) is 42.5 Å². The summed E-state index contributed by atoms with van der Waals surface area (Å²) in [5.41, 5.74) is 4.03. The number of methoxy groups -OCH3 is 1. The number of ether oxygens (including phenoxy) is 1. The van der Waals surface area contributed by atoms with Crippen molar-refractivity contribution < 1.29 is 9.15 Å². The Balaban J connectivity index is 1.82. The van der Waals surface area contributed by atoms with Gasteiger partial charge < -0.3 is 9.15 Å². The summed E-state index contributed by atoms with van der Waals surface area (Å²) in [5, 5.41) is 4.89. The van der Waals surface area contributed by atoms with E-state index in [-0.39, 0.29) is 5.56 Å². The van der Waals surface area contributed by atoms with Crippen LogP contribution in [-0.4, -0.2) is 26.4 Å². The molecule has 0 aliphatic rings. The van der Waals surface area contributed by atoms with Crippen LogP contribution in [0.4, 0.5) is 0 Å². The van der Waals surface area contributed by atoms with Crippen molar-refractivity contribution in [3.63, 3.8) is 0 Å². The van der Waals surface area contributed by atoms with Crippen molar-refractivity contribution in [3.8, 4) is 28.7 Å². The summed E-state index contributed by atoms with van der Waals surface area (Å²) in [6.07, 6.45) is 3.12. The first-order valence-corrected chi connectivity index (χ1v) is 9.83. The van der Waals surface area contributed by atoms with Gasteiger partial charge in [-0.1, -0.05) is 12.1 Å². The van der Waals surface area contributed by atoms with E-state index in [0.29, 0.717) is 34.1 Å². The van der Waals surface area contributed by atoms with E-state index in [0.717, 1.165) is 11.3 Å². The molecule has 0 bridgehead atoms. The van der Waals surface area contributed by atoms with Crippen molar-refractivity contribution in [2.24, 2.45) is 0 Å². The van der Waals surface area contributed by atoms with E-state index < -0.39 is 0 Å². The quantitative estimate of drug-likeness (QED) is 0.436. The van der Waals surface area contributed by atoms with Crippen LogP contribution in [0.1, 0.15) is 11.1 Å². The second-order valence-corrected chi connectivity index (χ2v) is 7.32. The van der Waals surface area contributed by atoms with E-state index in [4.69, 9.17) is 14.1 Å². The van der Waals surface area contributed by atoms with Gasteiger partial charge in [0.05, 0.1) is 30.9 Å². The lowest BCUT2D eigenvalue weighted by Crippen LogP contribution is -2.22. The van der Waals surface area contributed by atoms with Crippen LogP contribution in [0.3, 0.4) is 0 Å². The van der Waals surface area contributed by atoms with Gasteiger partial charge in [0.15, 0.2) is 17.2 Å². The van der Waals surface area contributed by atoms with Gasteiger partial charge in [0.2, 0.25) is 0 Å². The zero-order chi connectivity index (χ0) is 21.5. The van der Waals surface area contributed by atoms with Crippen molar-refractivity contribution in [1.82, 2.24) is 19.3 Å². The van der Waals surface area contributed by atoms with Gasteiger partial charge in [-0.05, 0) is 61.4 Å². The average molecular weight is 412 g/mol.